The first-order valence-corrected chi connectivity index (χ1v) is 11.5. The summed E-state index contributed by atoms with van der Waals surface area (Å²) >= 11 is 0. The molecule has 1 aromatic rings. The molecule has 33 heavy (non-hydrogen) atoms. The summed E-state index contributed by atoms with van der Waals surface area (Å²) in [6.45, 7) is 7.50. The first-order chi connectivity index (χ1) is 15.6. The van der Waals surface area contributed by atoms with E-state index in [4.69, 9.17) is 25.9 Å². The smallest absolute Gasteiger partial charge is 0.335 e. The second kappa shape index (κ2) is 10.1. The van der Waals surface area contributed by atoms with E-state index in [0.29, 0.717) is 34.6 Å². The lowest BCUT2D eigenvalue weighted by Crippen LogP contribution is -2.43. The lowest BCUT2D eigenvalue weighted by atomic mass is 9.71. The number of benzene rings is 1. The van der Waals surface area contributed by atoms with Crippen molar-refractivity contribution in [1.82, 2.24) is 0 Å². The maximum absolute atomic E-state index is 13.5. The third-order valence-electron chi connectivity index (χ3n) is 6.56. The van der Waals surface area contributed by atoms with Gasteiger partial charge in [-0.1, -0.05) is 17.2 Å². The van der Waals surface area contributed by atoms with Crippen LogP contribution < -0.4 is 21.2 Å². The van der Waals surface area contributed by atoms with Gasteiger partial charge in [-0.25, -0.2) is 4.79 Å². The van der Waals surface area contributed by atoms with Crippen LogP contribution in [0.15, 0.2) is 40.5 Å². The molecular weight excluding hydrogens is 420 g/mol. The number of nitrogens with two attached hydrogens (primary N) is 2. The Balaban J connectivity index is 2.20. The van der Waals surface area contributed by atoms with Gasteiger partial charge in [-0.2, -0.15) is 5.90 Å². The predicted molar refractivity (Wildman–Crippen MR) is 127 cm³/mol. The van der Waals surface area contributed by atoms with Crippen molar-refractivity contribution in [1.29, 1.82) is 0 Å². The summed E-state index contributed by atoms with van der Waals surface area (Å²) in [5.41, 5.74) is 8.95. The highest BCUT2D eigenvalue weighted by atomic mass is 16.6. The Hall–Kier alpha value is -2.64. The molecule has 1 aromatic carbocycles. The minimum absolute atomic E-state index is 0.0834. The molecule has 1 saturated carbocycles. The van der Waals surface area contributed by atoms with Gasteiger partial charge in [0.2, 0.25) is 0 Å². The molecule has 2 unspecified atom stereocenters. The number of carbonyl (C=O) groups is 2. The molecule has 7 nitrogen and oxygen atoms in total. The minimum atomic E-state index is -0.683. The summed E-state index contributed by atoms with van der Waals surface area (Å²) in [6, 6.07) is 5.22. The largest absolute Gasteiger partial charge is 0.497 e. The van der Waals surface area contributed by atoms with Crippen LogP contribution in [0.4, 0.5) is 0 Å². The van der Waals surface area contributed by atoms with E-state index in [1.807, 2.05) is 27.7 Å². The van der Waals surface area contributed by atoms with Crippen molar-refractivity contribution in [2.75, 3.05) is 7.11 Å². The molecule has 0 amide bonds. The van der Waals surface area contributed by atoms with Crippen LogP contribution in [0.1, 0.15) is 77.7 Å². The van der Waals surface area contributed by atoms with Crippen LogP contribution in [0.2, 0.25) is 0 Å². The van der Waals surface area contributed by atoms with Gasteiger partial charge in [-0.3, -0.25) is 4.79 Å². The van der Waals surface area contributed by atoms with Crippen LogP contribution in [0.3, 0.4) is 0 Å². The Morgan fingerprint density at radius 1 is 1.18 bits per heavy atom. The Bertz CT molecular complexity index is 982. The van der Waals surface area contributed by atoms with E-state index in [1.54, 1.807) is 25.3 Å². The number of methoxy groups -OCH3 is 1. The van der Waals surface area contributed by atoms with Crippen molar-refractivity contribution in [3.63, 3.8) is 0 Å². The predicted octanol–water partition coefficient (Wildman–Crippen LogP) is 4.25. The van der Waals surface area contributed by atoms with Gasteiger partial charge >= 0.3 is 5.97 Å². The molecule has 2 aliphatic rings. The molecule has 4 N–H and O–H groups in total. The molecule has 0 bridgehead atoms. The number of rotatable bonds is 7. The fourth-order valence-electron chi connectivity index (χ4n) is 5.14. The number of esters is 1. The zero-order valence-electron chi connectivity index (χ0n) is 20.3. The molecule has 0 saturated heterocycles. The van der Waals surface area contributed by atoms with Crippen LogP contribution >= 0.6 is 0 Å². The zero-order valence-corrected chi connectivity index (χ0v) is 20.3. The van der Waals surface area contributed by atoms with E-state index in [9.17, 15) is 9.59 Å². The molecule has 1 fully saturated rings. The second-order valence-electron chi connectivity index (χ2n) is 9.80. The van der Waals surface area contributed by atoms with Crippen molar-refractivity contribution in [2.45, 2.75) is 83.8 Å². The normalized spacial score (nSPS) is 22.2. The molecule has 3 rings (SSSR count). The summed E-state index contributed by atoms with van der Waals surface area (Å²) < 4.78 is 11.2. The summed E-state index contributed by atoms with van der Waals surface area (Å²) in [6.07, 6.45) is 4.46. The van der Waals surface area contributed by atoms with Crippen LogP contribution in [0.5, 0.6) is 11.5 Å². The zero-order chi connectivity index (χ0) is 24.3. The number of ketones is 1. The first kappa shape index (κ1) is 25.0. The number of hydrogen-bond donors (Lipinski definition) is 2. The summed E-state index contributed by atoms with van der Waals surface area (Å²) in [4.78, 5) is 32.2. The molecule has 0 radical (unpaired) electrons. The van der Waals surface area contributed by atoms with Crippen molar-refractivity contribution < 1.29 is 23.9 Å². The van der Waals surface area contributed by atoms with Gasteiger partial charge < -0.3 is 20.0 Å². The van der Waals surface area contributed by atoms with Crippen LogP contribution in [-0.2, 0) is 14.3 Å². The fraction of sp³-hybridized carbons (Fsp3) is 0.538. The number of allylic oxidation sites excluding steroid dienone is 2. The van der Waals surface area contributed by atoms with Gasteiger partial charge in [0.25, 0.3) is 0 Å². The Labute approximate surface area is 196 Å². The lowest BCUT2D eigenvalue weighted by molar-refractivity contribution is -0.144. The standard InChI is InChI=1S/C26H36N2O5/c1-15(2)22(25(30)32-17-8-6-7-9-17)24(19-11-10-18(31-5)12-21(19)33-28)23-16(3)13-26(4,27)14-20(23)29/h10-12,17,24H,6-9,13-14,27-28H2,1-5H3. The first-order valence-electron chi connectivity index (χ1n) is 11.5. The topological polar surface area (TPSA) is 114 Å². The summed E-state index contributed by atoms with van der Waals surface area (Å²) in [7, 11) is 1.55. The number of hydrogen-bond acceptors (Lipinski definition) is 7. The van der Waals surface area contributed by atoms with E-state index >= 15 is 0 Å². The molecular formula is C26H36N2O5. The highest BCUT2D eigenvalue weighted by Crippen LogP contribution is 2.45. The van der Waals surface area contributed by atoms with Gasteiger partial charge in [0.15, 0.2) is 11.5 Å². The fourth-order valence-corrected chi connectivity index (χ4v) is 5.14. The molecule has 2 atom stereocenters. The number of ether oxygens (including phenoxy) is 2. The van der Waals surface area contributed by atoms with Gasteiger partial charge in [-0.15, -0.1) is 0 Å². The van der Waals surface area contributed by atoms with Crippen molar-refractivity contribution in [3.05, 3.63) is 46.1 Å². The third-order valence-corrected chi connectivity index (χ3v) is 6.56. The van der Waals surface area contributed by atoms with Gasteiger partial charge in [0, 0.05) is 40.7 Å². The Morgan fingerprint density at radius 2 is 1.85 bits per heavy atom. The highest BCUT2D eigenvalue weighted by Gasteiger charge is 2.40. The van der Waals surface area contributed by atoms with E-state index in [-0.39, 0.29) is 18.3 Å². The Morgan fingerprint density at radius 3 is 2.39 bits per heavy atom. The maximum Gasteiger partial charge on any atom is 0.335 e. The summed E-state index contributed by atoms with van der Waals surface area (Å²) in [5.74, 6) is 5.35. The second-order valence-corrected chi connectivity index (χ2v) is 9.80. The molecule has 0 heterocycles. The van der Waals surface area contributed by atoms with Crippen LogP contribution in [-0.4, -0.2) is 30.5 Å². The average molecular weight is 457 g/mol. The van der Waals surface area contributed by atoms with Crippen molar-refractivity contribution >= 4 is 11.8 Å². The van der Waals surface area contributed by atoms with Gasteiger partial charge in [-0.05, 0) is 65.9 Å². The third kappa shape index (κ3) is 5.47. The van der Waals surface area contributed by atoms with E-state index in [2.05, 4.69) is 0 Å². The van der Waals surface area contributed by atoms with Gasteiger partial charge in [0.05, 0.1) is 7.11 Å². The lowest BCUT2D eigenvalue weighted by Gasteiger charge is -2.35. The molecule has 7 heteroatoms. The van der Waals surface area contributed by atoms with E-state index < -0.39 is 17.4 Å². The van der Waals surface area contributed by atoms with Crippen LogP contribution in [0.25, 0.3) is 0 Å². The molecule has 0 aliphatic heterocycles. The number of Topliss-reactive ketones (excluding diaryl/α,β-unsaturated/α-hetero) is 1. The highest BCUT2D eigenvalue weighted by molar-refractivity contribution is 6.03. The maximum atomic E-state index is 13.5. The van der Waals surface area contributed by atoms with E-state index in [1.165, 1.54) is 0 Å². The van der Waals surface area contributed by atoms with Gasteiger partial charge in [0.1, 0.15) is 11.9 Å². The summed E-state index contributed by atoms with van der Waals surface area (Å²) in [5, 5.41) is 0. The quantitative estimate of drug-likeness (QED) is 0.358. The SMILES string of the molecule is COc1ccc(C(C(C(=O)OC2CCCC2)=C(C)C)C2=C(C)CC(C)(N)CC2=O)c(ON)c1. The Kier molecular flexibility index (Phi) is 7.65. The monoisotopic (exact) mass is 456 g/mol. The molecule has 180 valence electrons. The van der Waals surface area contributed by atoms with Crippen LogP contribution in [0, 0.1) is 0 Å². The minimum Gasteiger partial charge on any atom is -0.497 e. The molecule has 2 aliphatic carbocycles. The molecule has 0 spiro atoms. The van der Waals surface area contributed by atoms with E-state index in [0.717, 1.165) is 36.8 Å². The molecule has 0 aromatic heterocycles. The average Bonchev–Trinajstić information content (AvgIpc) is 3.23. The van der Waals surface area contributed by atoms with Crippen molar-refractivity contribution in [3.8, 4) is 11.5 Å². The van der Waals surface area contributed by atoms with Crippen molar-refractivity contribution in [2.24, 2.45) is 11.6 Å². The number of carbonyl (C=O) groups excluding carboxylic acids is 2.